The van der Waals surface area contributed by atoms with E-state index in [1.165, 1.54) is 0 Å². The van der Waals surface area contributed by atoms with E-state index < -0.39 is 0 Å². The molecule has 6 heteroatoms. The molecule has 30 heavy (non-hydrogen) atoms. The Morgan fingerprint density at radius 3 is 2.40 bits per heavy atom. The van der Waals surface area contributed by atoms with Gasteiger partial charge in [0.1, 0.15) is 11.4 Å². The van der Waals surface area contributed by atoms with Crippen molar-refractivity contribution in [3.63, 3.8) is 0 Å². The van der Waals surface area contributed by atoms with Crippen molar-refractivity contribution in [3.8, 4) is 5.75 Å². The molecular weight excluding hydrogens is 376 g/mol. The lowest BCUT2D eigenvalue weighted by Crippen LogP contribution is -2.50. The highest BCUT2D eigenvalue weighted by Gasteiger charge is 2.26. The van der Waals surface area contributed by atoms with Crippen molar-refractivity contribution in [2.24, 2.45) is 10.9 Å². The summed E-state index contributed by atoms with van der Waals surface area (Å²) in [6.45, 7) is 12.6. The maximum Gasteiger partial charge on any atom is 0.225 e. The molecule has 1 aromatic rings. The number of piperidine rings is 1. The molecule has 6 nitrogen and oxygen atoms in total. The van der Waals surface area contributed by atoms with E-state index in [0.29, 0.717) is 18.5 Å². The zero-order chi connectivity index (χ0) is 22.1. The molecule has 0 saturated carbocycles. The SMILES string of the molecule is CCC(CC)C(=O)N1CCC(NC(=NC)NCc2ccccc2OC(C)(C)C)CC1. The van der Waals surface area contributed by atoms with Gasteiger partial charge in [-0.05, 0) is 52.5 Å². The molecule has 0 unspecified atom stereocenters. The zero-order valence-corrected chi connectivity index (χ0v) is 19.6. The summed E-state index contributed by atoms with van der Waals surface area (Å²) in [5.41, 5.74) is 0.858. The third-order valence-corrected chi connectivity index (χ3v) is 5.54. The average Bonchev–Trinajstić information content (AvgIpc) is 2.72. The van der Waals surface area contributed by atoms with Crippen molar-refractivity contribution in [3.05, 3.63) is 29.8 Å². The highest BCUT2D eigenvalue weighted by Crippen LogP contribution is 2.23. The Labute approximate surface area is 182 Å². The Morgan fingerprint density at radius 1 is 1.20 bits per heavy atom. The number of likely N-dealkylation sites (tertiary alicyclic amines) is 1. The number of benzene rings is 1. The fourth-order valence-electron chi connectivity index (χ4n) is 3.79. The minimum absolute atomic E-state index is 0.166. The van der Waals surface area contributed by atoms with Crippen LogP contribution < -0.4 is 15.4 Å². The summed E-state index contributed by atoms with van der Waals surface area (Å²) in [5.74, 6) is 2.15. The van der Waals surface area contributed by atoms with Gasteiger partial charge in [0.05, 0.1) is 0 Å². The van der Waals surface area contributed by atoms with E-state index in [2.05, 4.69) is 56.3 Å². The second-order valence-corrected chi connectivity index (χ2v) is 9.01. The van der Waals surface area contributed by atoms with Gasteiger partial charge in [-0.25, -0.2) is 0 Å². The van der Waals surface area contributed by atoms with E-state index >= 15 is 0 Å². The molecule has 0 aromatic heterocycles. The number of aliphatic imine (C=N–C) groups is 1. The van der Waals surface area contributed by atoms with Crippen LogP contribution in [0.25, 0.3) is 0 Å². The van der Waals surface area contributed by atoms with Crippen LogP contribution in [0.2, 0.25) is 0 Å². The largest absolute Gasteiger partial charge is 0.488 e. The van der Waals surface area contributed by atoms with Crippen LogP contribution >= 0.6 is 0 Å². The first kappa shape index (κ1) is 24.0. The van der Waals surface area contributed by atoms with Gasteiger partial charge in [0.15, 0.2) is 5.96 Å². The molecular formula is C24H40N4O2. The minimum Gasteiger partial charge on any atom is -0.488 e. The lowest BCUT2D eigenvalue weighted by Gasteiger charge is -2.35. The lowest BCUT2D eigenvalue weighted by molar-refractivity contribution is -0.136. The van der Waals surface area contributed by atoms with Gasteiger partial charge < -0.3 is 20.3 Å². The minimum atomic E-state index is -0.240. The quantitative estimate of drug-likeness (QED) is 0.522. The van der Waals surface area contributed by atoms with Gasteiger partial charge in [-0.2, -0.15) is 0 Å². The van der Waals surface area contributed by atoms with E-state index in [0.717, 1.165) is 56.0 Å². The van der Waals surface area contributed by atoms with Crippen LogP contribution in [-0.2, 0) is 11.3 Å². The normalized spacial score (nSPS) is 16.0. The predicted molar refractivity (Wildman–Crippen MR) is 124 cm³/mol. The summed E-state index contributed by atoms with van der Waals surface area (Å²) in [5, 5.41) is 6.93. The van der Waals surface area contributed by atoms with Gasteiger partial charge in [-0.1, -0.05) is 32.0 Å². The number of nitrogens with one attached hydrogen (secondary N) is 2. The maximum absolute atomic E-state index is 12.6. The summed E-state index contributed by atoms with van der Waals surface area (Å²) < 4.78 is 6.08. The van der Waals surface area contributed by atoms with E-state index in [1.807, 2.05) is 23.1 Å². The van der Waals surface area contributed by atoms with Gasteiger partial charge in [0, 0.05) is 44.2 Å². The molecule has 0 bridgehead atoms. The number of rotatable bonds is 7. The molecule has 168 valence electrons. The second-order valence-electron chi connectivity index (χ2n) is 9.01. The molecule has 1 heterocycles. The van der Waals surface area contributed by atoms with E-state index in [9.17, 15) is 4.79 Å². The summed E-state index contributed by atoms with van der Waals surface area (Å²) in [4.78, 5) is 19.0. The molecule has 0 spiro atoms. The molecule has 0 aliphatic carbocycles. The maximum atomic E-state index is 12.6. The second kappa shape index (κ2) is 11.2. The molecule has 2 rings (SSSR count). The first-order valence-corrected chi connectivity index (χ1v) is 11.3. The van der Waals surface area contributed by atoms with Gasteiger partial charge in [-0.3, -0.25) is 9.79 Å². The monoisotopic (exact) mass is 416 g/mol. The molecule has 1 aliphatic rings. The highest BCUT2D eigenvalue weighted by molar-refractivity contribution is 5.80. The fraction of sp³-hybridized carbons (Fsp3) is 0.667. The number of amides is 1. The third kappa shape index (κ3) is 7.22. The number of carbonyl (C=O) groups is 1. The van der Waals surface area contributed by atoms with Crippen molar-refractivity contribution in [2.45, 2.75) is 78.5 Å². The molecule has 0 radical (unpaired) electrons. The van der Waals surface area contributed by atoms with Gasteiger partial charge in [-0.15, -0.1) is 0 Å². The average molecular weight is 417 g/mol. The van der Waals surface area contributed by atoms with Gasteiger partial charge in [0.2, 0.25) is 5.91 Å². The molecule has 1 aliphatic heterocycles. The summed E-state index contributed by atoms with van der Waals surface area (Å²) >= 11 is 0. The molecule has 1 amide bonds. The summed E-state index contributed by atoms with van der Waals surface area (Å²) in [7, 11) is 1.79. The van der Waals surface area contributed by atoms with Crippen molar-refractivity contribution in [2.75, 3.05) is 20.1 Å². The molecule has 2 N–H and O–H groups in total. The van der Waals surface area contributed by atoms with E-state index in [-0.39, 0.29) is 11.5 Å². The first-order chi connectivity index (χ1) is 14.3. The van der Waals surface area contributed by atoms with Crippen molar-refractivity contribution in [1.29, 1.82) is 0 Å². The number of guanidine groups is 1. The number of nitrogens with zero attached hydrogens (tertiary/aromatic N) is 2. The standard InChI is InChI=1S/C24H40N4O2/c1-7-18(8-2)22(29)28-15-13-20(14-16-28)27-23(25-6)26-17-19-11-9-10-12-21(19)30-24(3,4)5/h9-12,18,20H,7-8,13-17H2,1-6H3,(H2,25,26,27). The van der Waals surface area contributed by atoms with E-state index in [4.69, 9.17) is 4.74 Å². The Hall–Kier alpha value is -2.24. The summed E-state index contributed by atoms with van der Waals surface area (Å²) in [6, 6.07) is 8.42. The molecule has 1 saturated heterocycles. The van der Waals surface area contributed by atoms with Crippen LogP contribution in [0.3, 0.4) is 0 Å². The van der Waals surface area contributed by atoms with Crippen LogP contribution in [0.1, 0.15) is 65.9 Å². The van der Waals surface area contributed by atoms with Gasteiger partial charge >= 0.3 is 0 Å². The topological polar surface area (TPSA) is 66.0 Å². The summed E-state index contributed by atoms with van der Waals surface area (Å²) in [6.07, 6.45) is 3.72. The number of hydrogen-bond acceptors (Lipinski definition) is 3. The van der Waals surface area contributed by atoms with E-state index in [1.54, 1.807) is 7.05 Å². The third-order valence-electron chi connectivity index (χ3n) is 5.54. The van der Waals surface area contributed by atoms with Crippen LogP contribution in [-0.4, -0.2) is 48.5 Å². The first-order valence-electron chi connectivity index (χ1n) is 11.3. The van der Waals surface area contributed by atoms with Crippen molar-refractivity contribution in [1.82, 2.24) is 15.5 Å². The number of para-hydroxylation sites is 1. The number of carbonyl (C=O) groups excluding carboxylic acids is 1. The molecule has 0 atom stereocenters. The van der Waals surface area contributed by atoms with Crippen LogP contribution in [0.4, 0.5) is 0 Å². The van der Waals surface area contributed by atoms with Crippen molar-refractivity contribution >= 4 is 11.9 Å². The highest BCUT2D eigenvalue weighted by atomic mass is 16.5. The Morgan fingerprint density at radius 2 is 1.83 bits per heavy atom. The lowest BCUT2D eigenvalue weighted by atomic mass is 9.98. The Kier molecular flexibility index (Phi) is 9.00. The molecule has 1 aromatic carbocycles. The smallest absolute Gasteiger partial charge is 0.225 e. The molecule has 1 fully saturated rings. The number of ether oxygens (including phenoxy) is 1. The predicted octanol–water partition coefficient (Wildman–Crippen LogP) is 3.96. The number of hydrogen-bond donors (Lipinski definition) is 2. The van der Waals surface area contributed by atoms with Crippen molar-refractivity contribution < 1.29 is 9.53 Å². The van der Waals surface area contributed by atoms with Crippen LogP contribution in [0.15, 0.2) is 29.3 Å². The van der Waals surface area contributed by atoms with Crippen LogP contribution in [0, 0.1) is 5.92 Å². The Balaban J connectivity index is 1.86. The van der Waals surface area contributed by atoms with Gasteiger partial charge in [0.25, 0.3) is 0 Å². The fourth-order valence-corrected chi connectivity index (χ4v) is 3.79. The zero-order valence-electron chi connectivity index (χ0n) is 19.6. The van der Waals surface area contributed by atoms with Crippen LogP contribution in [0.5, 0.6) is 5.75 Å². The Bertz CT molecular complexity index is 699.